The summed E-state index contributed by atoms with van der Waals surface area (Å²) in [5.41, 5.74) is 0.593. The zero-order chi connectivity index (χ0) is 16.2. The highest BCUT2D eigenvalue weighted by atomic mass is 79.9. The van der Waals surface area contributed by atoms with Crippen molar-refractivity contribution in [3.63, 3.8) is 0 Å². The number of halogens is 6. The van der Waals surface area contributed by atoms with Gasteiger partial charge in [-0.25, -0.2) is 0 Å². The maximum atomic E-state index is 13.1. The van der Waals surface area contributed by atoms with Gasteiger partial charge < -0.3 is 10.1 Å². The van der Waals surface area contributed by atoms with E-state index in [-0.39, 0.29) is 24.8 Å². The third-order valence-corrected chi connectivity index (χ3v) is 4.14. The van der Waals surface area contributed by atoms with Gasteiger partial charge in [-0.1, -0.05) is 15.9 Å². The van der Waals surface area contributed by atoms with Crippen molar-refractivity contribution >= 4 is 40.7 Å². The molecule has 1 heterocycles. The topological polar surface area (TPSA) is 24.5 Å². The summed E-state index contributed by atoms with van der Waals surface area (Å²) in [7, 11) is 0. The predicted molar refractivity (Wildman–Crippen MR) is 97.7 cm³/mol. The molecule has 1 saturated heterocycles. The Labute approximate surface area is 161 Å². The van der Waals surface area contributed by atoms with E-state index in [1.54, 1.807) is 18.2 Å². The Morgan fingerprint density at radius 2 is 1.88 bits per heavy atom. The van der Waals surface area contributed by atoms with Crippen LogP contribution in [-0.2, 0) is 0 Å². The molecule has 0 bridgehead atoms. The lowest BCUT2D eigenvalue weighted by Crippen LogP contribution is -2.46. The van der Waals surface area contributed by atoms with Crippen molar-refractivity contribution < 1.29 is 17.9 Å². The number of nitrogens with one attached hydrogen (secondary N) is 1. The minimum atomic E-state index is -4.22. The van der Waals surface area contributed by atoms with Gasteiger partial charge in [-0.05, 0) is 25.1 Å². The summed E-state index contributed by atoms with van der Waals surface area (Å²) >= 11 is 3.35. The van der Waals surface area contributed by atoms with Crippen molar-refractivity contribution in [1.29, 1.82) is 0 Å². The Morgan fingerprint density at radius 3 is 2.42 bits per heavy atom. The summed E-state index contributed by atoms with van der Waals surface area (Å²) in [5, 5.41) is 3.17. The highest BCUT2D eigenvalue weighted by Gasteiger charge is 2.37. The van der Waals surface area contributed by atoms with Crippen molar-refractivity contribution in [3.05, 3.63) is 28.2 Å². The monoisotopic (exact) mass is 452 g/mol. The lowest BCUT2D eigenvalue weighted by Gasteiger charge is -2.36. The molecule has 1 fully saturated rings. The maximum absolute atomic E-state index is 13.1. The predicted octanol–water partition coefficient (Wildman–Crippen LogP) is 4.59. The van der Waals surface area contributed by atoms with Gasteiger partial charge in [0, 0.05) is 42.3 Å². The molecule has 3 nitrogen and oxygen atoms in total. The first kappa shape index (κ1) is 23.8. The summed E-state index contributed by atoms with van der Waals surface area (Å²) in [6.45, 7) is 4.85. The fraction of sp³-hybridized carbons (Fsp3) is 0.600. The number of ether oxygens (including phenoxy) is 1. The minimum Gasteiger partial charge on any atom is -0.494 e. The van der Waals surface area contributed by atoms with Crippen molar-refractivity contribution in [2.75, 3.05) is 32.8 Å². The number of alkyl halides is 3. The quantitative estimate of drug-likeness (QED) is 0.705. The summed E-state index contributed by atoms with van der Waals surface area (Å²) in [5.74, 6) is 0.526. The Hall–Kier alpha value is -0.210. The van der Waals surface area contributed by atoms with Crippen LogP contribution in [0.1, 0.15) is 24.9 Å². The highest BCUT2D eigenvalue weighted by molar-refractivity contribution is 9.10. The third-order valence-electron chi connectivity index (χ3n) is 3.65. The first-order chi connectivity index (χ1) is 10.4. The molecule has 1 atom stereocenters. The standard InChI is InChI=1S/C15H20BrF3N2O.2ClH/c1-2-22-14-4-3-11(16)9-12(14)13(10-15(17,18)19)21-7-5-20-6-8-21;;/h3-4,9,13,20H,2,5-8,10H2,1H3;2*1H/t13-;;/m0../s1. The number of hydrogen-bond acceptors (Lipinski definition) is 3. The van der Waals surface area contributed by atoms with Gasteiger partial charge in [0.15, 0.2) is 0 Å². The van der Waals surface area contributed by atoms with Crippen molar-refractivity contribution in [3.8, 4) is 5.75 Å². The third kappa shape index (κ3) is 6.96. The number of nitrogens with zero attached hydrogens (tertiary/aromatic N) is 1. The van der Waals surface area contributed by atoms with Crippen LogP contribution in [0.4, 0.5) is 13.2 Å². The molecule has 0 aliphatic carbocycles. The molecule has 9 heteroatoms. The summed E-state index contributed by atoms with van der Waals surface area (Å²) in [4.78, 5) is 1.88. The van der Waals surface area contributed by atoms with E-state index in [9.17, 15) is 13.2 Å². The SMILES string of the molecule is CCOc1ccc(Br)cc1[C@H](CC(F)(F)F)N1CCNCC1.Cl.Cl. The van der Waals surface area contributed by atoms with E-state index in [1.807, 2.05) is 11.8 Å². The first-order valence-electron chi connectivity index (χ1n) is 7.34. The molecule has 1 N–H and O–H groups in total. The zero-order valence-corrected chi connectivity index (χ0v) is 16.5. The largest absolute Gasteiger partial charge is 0.494 e. The van der Waals surface area contributed by atoms with E-state index < -0.39 is 18.6 Å². The molecule has 0 saturated carbocycles. The highest BCUT2D eigenvalue weighted by Crippen LogP contribution is 2.39. The van der Waals surface area contributed by atoms with Gasteiger partial charge >= 0.3 is 6.18 Å². The Morgan fingerprint density at radius 1 is 1.25 bits per heavy atom. The second kappa shape index (κ2) is 10.7. The van der Waals surface area contributed by atoms with Crippen LogP contribution in [0, 0.1) is 0 Å². The van der Waals surface area contributed by atoms with E-state index in [2.05, 4.69) is 21.2 Å². The summed E-state index contributed by atoms with van der Waals surface area (Å²) in [6.07, 6.45) is -5.09. The molecular formula is C15H22BrCl2F3N2O. The van der Waals surface area contributed by atoms with E-state index in [0.717, 1.165) is 4.47 Å². The van der Waals surface area contributed by atoms with Crippen LogP contribution >= 0.6 is 40.7 Å². The van der Waals surface area contributed by atoms with Crippen LogP contribution in [0.3, 0.4) is 0 Å². The molecule has 0 amide bonds. The Bertz CT molecular complexity index is 500. The molecule has 0 unspecified atom stereocenters. The number of rotatable bonds is 5. The maximum Gasteiger partial charge on any atom is 0.390 e. The lowest BCUT2D eigenvalue weighted by atomic mass is 9.99. The van der Waals surface area contributed by atoms with Crippen molar-refractivity contribution in [1.82, 2.24) is 10.2 Å². The normalized spacial score (nSPS) is 16.7. The van der Waals surface area contributed by atoms with Gasteiger partial charge in [0.25, 0.3) is 0 Å². The molecule has 140 valence electrons. The van der Waals surface area contributed by atoms with E-state index in [0.29, 0.717) is 44.1 Å². The van der Waals surface area contributed by atoms with E-state index in [1.165, 1.54) is 0 Å². The average molecular weight is 454 g/mol. The average Bonchev–Trinajstić information content (AvgIpc) is 2.47. The summed E-state index contributed by atoms with van der Waals surface area (Å²) < 4.78 is 45.5. The lowest BCUT2D eigenvalue weighted by molar-refractivity contribution is -0.148. The van der Waals surface area contributed by atoms with Crippen LogP contribution in [0.25, 0.3) is 0 Å². The number of benzene rings is 1. The fourth-order valence-electron chi connectivity index (χ4n) is 2.72. The minimum absolute atomic E-state index is 0. The van der Waals surface area contributed by atoms with Gasteiger partial charge in [-0.15, -0.1) is 24.8 Å². The smallest absolute Gasteiger partial charge is 0.390 e. The number of piperazine rings is 1. The van der Waals surface area contributed by atoms with Gasteiger partial charge in [0.2, 0.25) is 0 Å². The molecule has 24 heavy (non-hydrogen) atoms. The zero-order valence-electron chi connectivity index (χ0n) is 13.2. The molecule has 1 aromatic carbocycles. The van der Waals surface area contributed by atoms with E-state index >= 15 is 0 Å². The van der Waals surface area contributed by atoms with Gasteiger partial charge in [-0.2, -0.15) is 13.2 Å². The fourth-order valence-corrected chi connectivity index (χ4v) is 3.09. The van der Waals surface area contributed by atoms with Crippen LogP contribution < -0.4 is 10.1 Å². The second-order valence-corrected chi connectivity index (χ2v) is 6.15. The van der Waals surface area contributed by atoms with Crippen molar-refractivity contribution in [2.24, 2.45) is 0 Å². The van der Waals surface area contributed by atoms with Crippen LogP contribution in [0.15, 0.2) is 22.7 Å². The van der Waals surface area contributed by atoms with Crippen molar-refractivity contribution in [2.45, 2.75) is 25.6 Å². The number of hydrogen-bond donors (Lipinski definition) is 1. The summed E-state index contributed by atoms with van der Waals surface area (Å²) in [6, 6.07) is 4.54. The first-order valence-corrected chi connectivity index (χ1v) is 8.14. The molecular weight excluding hydrogens is 432 g/mol. The molecule has 1 aliphatic rings. The Balaban J connectivity index is 0.00000264. The molecule has 0 spiro atoms. The Kier molecular flexibility index (Phi) is 10.6. The molecule has 0 radical (unpaired) electrons. The van der Waals surface area contributed by atoms with Crippen LogP contribution in [0.2, 0.25) is 0 Å². The second-order valence-electron chi connectivity index (χ2n) is 5.24. The molecule has 1 aliphatic heterocycles. The van der Waals surface area contributed by atoms with Gasteiger partial charge in [-0.3, -0.25) is 4.90 Å². The van der Waals surface area contributed by atoms with Gasteiger partial charge in [0.1, 0.15) is 5.75 Å². The molecule has 1 aromatic rings. The van der Waals surface area contributed by atoms with Crippen LogP contribution in [0.5, 0.6) is 5.75 Å². The van der Waals surface area contributed by atoms with Crippen LogP contribution in [-0.4, -0.2) is 43.9 Å². The molecule has 2 rings (SSSR count). The van der Waals surface area contributed by atoms with E-state index in [4.69, 9.17) is 4.74 Å². The van der Waals surface area contributed by atoms with Gasteiger partial charge in [0.05, 0.1) is 13.0 Å². The molecule has 0 aromatic heterocycles.